The first-order valence-corrected chi connectivity index (χ1v) is 9.96. The molecule has 2 N–H and O–H groups in total. The highest BCUT2D eigenvalue weighted by molar-refractivity contribution is 5.69. The van der Waals surface area contributed by atoms with Crippen LogP contribution in [-0.2, 0) is 11.8 Å². The predicted octanol–water partition coefficient (Wildman–Crippen LogP) is 2.49. The lowest BCUT2D eigenvalue weighted by molar-refractivity contribution is 0.0187. The smallest absolute Gasteiger partial charge is 0.410 e. The third-order valence-corrected chi connectivity index (χ3v) is 4.94. The Morgan fingerprint density at radius 1 is 1.30 bits per heavy atom. The minimum atomic E-state index is -0.525. The number of amides is 1. The number of nitrogens with zero attached hydrogens (tertiary/aromatic N) is 6. The van der Waals surface area contributed by atoms with Crippen LogP contribution in [-0.4, -0.2) is 59.9 Å². The molecule has 30 heavy (non-hydrogen) atoms. The first kappa shape index (κ1) is 20.0. The Bertz CT molecular complexity index is 1070. The molecule has 1 aliphatic heterocycles. The average Bonchev–Trinajstić information content (AvgIpc) is 3.35. The Kier molecular flexibility index (Phi) is 5.00. The van der Waals surface area contributed by atoms with E-state index in [-0.39, 0.29) is 12.1 Å². The zero-order valence-electron chi connectivity index (χ0n) is 17.7. The van der Waals surface area contributed by atoms with Crippen LogP contribution in [0.5, 0.6) is 5.75 Å². The van der Waals surface area contributed by atoms with Crippen molar-refractivity contribution >= 4 is 17.6 Å². The summed E-state index contributed by atoms with van der Waals surface area (Å²) < 4.78 is 15.2. The van der Waals surface area contributed by atoms with Gasteiger partial charge in [0.15, 0.2) is 11.4 Å². The van der Waals surface area contributed by atoms with Gasteiger partial charge in [-0.3, -0.25) is 4.68 Å². The van der Waals surface area contributed by atoms with Gasteiger partial charge in [-0.1, -0.05) is 0 Å². The van der Waals surface area contributed by atoms with E-state index in [2.05, 4.69) is 15.1 Å². The molecular weight excluding hydrogens is 386 g/mol. The summed E-state index contributed by atoms with van der Waals surface area (Å²) in [6.45, 7) is 6.63. The molecule has 160 valence electrons. The lowest BCUT2D eigenvalue weighted by Gasteiger charge is -2.28. The number of nitrogens with two attached hydrogens (primary N) is 1. The maximum Gasteiger partial charge on any atom is 0.410 e. The van der Waals surface area contributed by atoms with Gasteiger partial charge in [-0.15, -0.1) is 0 Å². The molecule has 1 fully saturated rings. The number of fused-ring (bicyclic) bond motifs is 1. The molecular formula is C20H27N7O3. The summed E-state index contributed by atoms with van der Waals surface area (Å²) in [6, 6.07) is -0.0446. The first-order valence-electron chi connectivity index (χ1n) is 9.96. The number of rotatable bonds is 4. The summed E-state index contributed by atoms with van der Waals surface area (Å²) >= 11 is 0. The van der Waals surface area contributed by atoms with Crippen molar-refractivity contribution in [2.45, 2.75) is 45.3 Å². The van der Waals surface area contributed by atoms with E-state index in [9.17, 15) is 4.79 Å². The molecule has 3 aromatic rings. The van der Waals surface area contributed by atoms with E-state index < -0.39 is 5.60 Å². The van der Waals surface area contributed by atoms with E-state index in [4.69, 9.17) is 15.2 Å². The molecule has 10 heteroatoms. The van der Waals surface area contributed by atoms with Gasteiger partial charge in [0.05, 0.1) is 24.6 Å². The molecule has 1 aliphatic rings. The minimum Gasteiger partial charge on any atom is -0.487 e. The number of aryl methyl sites for hydroxylation is 1. The van der Waals surface area contributed by atoms with E-state index in [1.807, 2.05) is 38.4 Å². The molecule has 3 aromatic heterocycles. The average molecular weight is 413 g/mol. The molecule has 0 spiro atoms. The van der Waals surface area contributed by atoms with Crippen molar-refractivity contribution in [1.29, 1.82) is 0 Å². The van der Waals surface area contributed by atoms with E-state index in [1.54, 1.807) is 28.2 Å². The van der Waals surface area contributed by atoms with Crippen LogP contribution in [0.25, 0.3) is 17.0 Å². The summed E-state index contributed by atoms with van der Waals surface area (Å²) in [5, 5.41) is 4.32. The number of carbonyl (C=O) groups is 1. The van der Waals surface area contributed by atoms with Crippen molar-refractivity contribution in [3.63, 3.8) is 0 Å². The highest BCUT2D eigenvalue weighted by atomic mass is 16.6. The fourth-order valence-corrected chi connectivity index (χ4v) is 3.61. The monoisotopic (exact) mass is 413 g/mol. The number of hydrogen-bond acceptors (Lipinski definition) is 7. The fourth-order valence-electron chi connectivity index (χ4n) is 3.61. The molecule has 0 unspecified atom stereocenters. The van der Waals surface area contributed by atoms with E-state index in [0.717, 1.165) is 18.5 Å². The largest absolute Gasteiger partial charge is 0.487 e. The highest BCUT2D eigenvalue weighted by Gasteiger charge is 2.33. The molecule has 4 heterocycles. The topological polar surface area (TPSA) is 113 Å². The molecule has 10 nitrogen and oxygen atoms in total. The van der Waals surface area contributed by atoms with Gasteiger partial charge in [-0.2, -0.15) is 5.10 Å². The standard InChI is InChI=1S/C20H27N7O3/c1-20(2,3)30-19(28)27-7-5-6-13(27)12-29-15-8-23-25(4)18(15)14-10-26-11-16(21)24-17(26)9-22-14/h8-11,13H,5-7,12,21H2,1-4H3/t13-/m1/s1. The van der Waals surface area contributed by atoms with Gasteiger partial charge >= 0.3 is 6.09 Å². The van der Waals surface area contributed by atoms with Gasteiger partial charge in [-0.05, 0) is 33.6 Å². The van der Waals surface area contributed by atoms with Crippen molar-refractivity contribution in [2.75, 3.05) is 18.9 Å². The fraction of sp³-hybridized carbons (Fsp3) is 0.500. The number of likely N-dealkylation sites (tertiary alicyclic amines) is 1. The summed E-state index contributed by atoms with van der Waals surface area (Å²) in [7, 11) is 1.83. The number of anilines is 1. The van der Waals surface area contributed by atoms with Crippen LogP contribution in [0, 0.1) is 0 Å². The summed E-state index contributed by atoms with van der Waals surface area (Å²) in [6.07, 6.45) is 8.38. The van der Waals surface area contributed by atoms with Crippen molar-refractivity contribution < 1.29 is 14.3 Å². The molecule has 1 atom stereocenters. The van der Waals surface area contributed by atoms with Crippen LogP contribution in [0.1, 0.15) is 33.6 Å². The van der Waals surface area contributed by atoms with Gasteiger partial charge in [0.2, 0.25) is 0 Å². The third kappa shape index (κ3) is 4.03. The summed E-state index contributed by atoms with van der Waals surface area (Å²) in [5.41, 5.74) is 7.34. The quantitative estimate of drug-likeness (QED) is 0.699. The molecule has 4 rings (SSSR count). The van der Waals surface area contributed by atoms with Crippen molar-refractivity contribution in [3.05, 3.63) is 24.8 Å². The zero-order chi connectivity index (χ0) is 21.5. The Morgan fingerprint density at radius 2 is 2.10 bits per heavy atom. The number of hydrogen-bond donors (Lipinski definition) is 1. The Balaban J connectivity index is 1.51. The van der Waals surface area contributed by atoms with Crippen LogP contribution in [0.3, 0.4) is 0 Å². The predicted molar refractivity (Wildman–Crippen MR) is 111 cm³/mol. The van der Waals surface area contributed by atoms with E-state index in [0.29, 0.717) is 36.1 Å². The molecule has 1 amide bonds. The lowest BCUT2D eigenvalue weighted by atomic mass is 10.2. The highest BCUT2D eigenvalue weighted by Crippen LogP contribution is 2.29. The number of aromatic nitrogens is 5. The van der Waals surface area contributed by atoms with Crippen LogP contribution in [0.2, 0.25) is 0 Å². The Morgan fingerprint density at radius 3 is 2.87 bits per heavy atom. The molecule has 0 saturated carbocycles. The van der Waals surface area contributed by atoms with Crippen molar-refractivity contribution in [1.82, 2.24) is 29.0 Å². The Hall–Kier alpha value is -3.30. The van der Waals surface area contributed by atoms with Gasteiger partial charge < -0.3 is 24.5 Å². The molecule has 1 saturated heterocycles. The van der Waals surface area contributed by atoms with Crippen molar-refractivity contribution in [2.24, 2.45) is 7.05 Å². The second-order valence-corrected chi connectivity index (χ2v) is 8.47. The Labute approximate surface area is 174 Å². The number of ether oxygens (including phenoxy) is 2. The minimum absolute atomic E-state index is 0.0446. The van der Waals surface area contributed by atoms with Crippen molar-refractivity contribution in [3.8, 4) is 17.1 Å². The molecule has 0 radical (unpaired) electrons. The molecule has 0 bridgehead atoms. The normalized spacial score (nSPS) is 16.9. The zero-order valence-corrected chi connectivity index (χ0v) is 17.7. The van der Waals surface area contributed by atoms with Gasteiger partial charge in [-0.25, -0.2) is 14.8 Å². The third-order valence-electron chi connectivity index (χ3n) is 4.94. The maximum absolute atomic E-state index is 12.5. The molecule has 0 aliphatic carbocycles. The molecule has 0 aromatic carbocycles. The second-order valence-electron chi connectivity index (χ2n) is 8.47. The van der Waals surface area contributed by atoms with Gasteiger partial charge in [0, 0.05) is 19.8 Å². The van der Waals surface area contributed by atoms with E-state index in [1.165, 1.54) is 0 Å². The SMILES string of the molecule is Cn1ncc(OC[C@H]2CCCN2C(=O)OC(C)(C)C)c1-c1cn2cc(N)nc2cn1. The van der Waals surface area contributed by atoms with Gasteiger partial charge in [0.1, 0.15) is 29.4 Å². The van der Waals surface area contributed by atoms with E-state index >= 15 is 0 Å². The second kappa shape index (κ2) is 7.51. The maximum atomic E-state index is 12.5. The lowest BCUT2D eigenvalue weighted by Crippen LogP contribution is -2.42. The summed E-state index contributed by atoms with van der Waals surface area (Å²) in [5.74, 6) is 1.03. The van der Waals surface area contributed by atoms with Crippen LogP contribution < -0.4 is 10.5 Å². The van der Waals surface area contributed by atoms with Crippen LogP contribution in [0.4, 0.5) is 10.6 Å². The van der Waals surface area contributed by atoms with Crippen LogP contribution in [0.15, 0.2) is 24.8 Å². The number of imidazole rings is 1. The summed E-state index contributed by atoms with van der Waals surface area (Å²) in [4.78, 5) is 22.9. The number of nitrogen functional groups attached to an aromatic ring is 1. The van der Waals surface area contributed by atoms with Crippen LogP contribution >= 0.6 is 0 Å². The van der Waals surface area contributed by atoms with Gasteiger partial charge in [0.25, 0.3) is 0 Å². The first-order chi connectivity index (χ1) is 14.2. The number of carbonyl (C=O) groups excluding carboxylic acids is 1.